The van der Waals surface area contributed by atoms with E-state index in [0.717, 1.165) is 0 Å². The summed E-state index contributed by atoms with van der Waals surface area (Å²) >= 11 is 0. The van der Waals surface area contributed by atoms with Crippen molar-refractivity contribution >= 4 is 29.7 Å². The molecule has 3 amide bonds. The lowest BCUT2D eigenvalue weighted by Crippen LogP contribution is -2.42. The van der Waals surface area contributed by atoms with Gasteiger partial charge in [0, 0.05) is 0 Å². The maximum absolute atomic E-state index is 12.4. The first-order valence-corrected chi connectivity index (χ1v) is 8.34. The van der Waals surface area contributed by atoms with Crippen LogP contribution < -0.4 is 0 Å². The number of carbonyl (C=O) groups is 5. The molecule has 0 saturated heterocycles. The standard InChI is InChI=1S/C18H18N2O8/c1-3-27-15(22)9-13(18(25)28-4-2)20(26)14(21)10-19-16(23)11-7-5-6-8-12(11)17(19)24/h5-9,26H,3-4,10H2,1-2H3/b13-9+. The fraction of sp³-hybridized carbons (Fsp3) is 0.278. The van der Waals surface area contributed by atoms with Crippen molar-refractivity contribution in [2.45, 2.75) is 13.8 Å². The molecule has 28 heavy (non-hydrogen) atoms. The first-order valence-electron chi connectivity index (χ1n) is 8.34. The molecule has 0 radical (unpaired) electrons. The van der Waals surface area contributed by atoms with Gasteiger partial charge >= 0.3 is 11.9 Å². The Morgan fingerprint density at radius 2 is 1.57 bits per heavy atom. The van der Waals surface area contributed by atoms with E-state index in [0.29, 0.717) is 11.0 Å². The maximum atomic E-state index is 12.4. The topological polar surface area (TPSA) is 131 Å². The molecular formula is C18H18N2O8. The summed E-state index contributed by atoms with van der Waals surface area (Å²) in [6.45, 7) is 2.09. The van der Waals surface area contributed by atoms with Gasteiger partial charge in [0.2, 0.25) is 0 Å². The Morgan fingerprint density at radius 3 is 2.07 bits per heavy atom. The van der Waals surface area contributed by atoms with E-state index in [-0.39, 0.29) is 29.4 Å². The lowest BCUT2D eigenvalue weighted by atomic mass is 10.1. The number of hydroxylamine groups is 2. The molecule has 2 rings (SSSR count). The van der Waals surface area contributed by atoms with E-state index < -0.39 is 41.9 Å². The van der Waals surface area contributed by atoms with E-state index in [4.69, 9.17) is 4.74 Å². The third-order valence-corrected chi connectivity index (χ3v) is 3.66. The number of amides is 3. The summed E-state index contributed by atoms with van der Waals surface area (Å²) in [5.74, 6) is -4.77. The fourth-order valence-electron chi connectivity index (χ4n) is 2.43. The molecule has 10 heteroatoms. The monoisotopic (exact) mass is 390 g/mol. The van der Waals surface area contributed by atoms with Gasteiger partial charge in [0.25, 0.3) is 17.7 Å². The van der Waals surface area contributed by atoms with Crippen molar-refractivity contribution in [1.82, 2.24) is 9.96 Å². The molecule has 0 fully saturated rings. The Morgan fingerprint density at radius 1 is 1.04 bits per heavy atom. The van der Waals surface area contributed by atoms with E-state index in [9.17, 15) is 29.2 Å². The Hall–Kier alpha value is -3.53. The molecule has 0 aromatic heterocycles. The van der Waals surface area contributed by atoms with E-state index >= 15 is 0 Å². The zero-order chi connectivity index (χ0) is 20.8. The second kappa shape index (κ2) is 8.91. The summed E-state index contributed by atoms with van der Waals surface area (Å²) in [5.41, 5.74) is -0.558. The minimum Gasteiger partial charge on any atom is -0.463 e. The molecule has 1 heterocycles. The zero-order valence-electron chi connectivity index (χ0n) is 15.2. The fourth-order valence-corrected chi connectivity index (χ4v) is 2.43. The van der Waals surface area contributed by atoms with Crippen molar-refractivity contribution in [3.8, 4) is 0 Å². The molecule has 1 aliphatic rings. The van der Waals surface area contributed by atoms with Gasteiger partial charge in [-0.05, 0) is 26.0 Å². The number of benzene rings is 1. The number of ether oxygens (including phenoxy) is 2. The van der Waals surface area contributed by atoms with Crippen molar-refractivity contribution in [2.75, 3.05) is 19.8 Å². The van der Waals surface area contributed by atoms with E-state index in [1.54, 1.807) is 12.1 Å². The molecule has 148 valence electrons. The van der Waals surface area contributed by atoms with E-state index in [1.807, 2.05) is 0 Å². The third-order valence-electron chi connectivity index (χ3n) is 3.66. The van der Waals surface area contributed by atoms with E-state index in [2.05, 4.69) is 4.74 Å². The van der Waals surface area contributed by atoms with Gasteiger partial charge in [0.1, 0.15) is 6.54 Å². The number of rotatable bonds is 7. The highest BCUT2D eigenvalue weighted by molar-refractivity contribution is 6.22. The first kappa shape index (κ1) is 20.8. The summed E-state index contributed by atoms with van der Waals surface area (Å²) in [6.07, 6.45) is 0.585. The Kier molecular flexibility index (Phi) is 6.61. The smallest absolute Gasteiger partial charge is 0.357 e. The van der Waals surface area contributed by atoms with Gasteiger partial charge in [-0.15, -0.1) is 0 Å². The van der Waals surface area contributed by atoms with Crippen LogP contribution in [-0.2, 0) is 23.9 Å². The van der Waals surface area contributed by atoms with Crippen LogP contribution in [0.25, 0.3) is 0 Å². The van der Waals surface area contributed by atoms with Gasteiger partial charge in [-0.25, -0.2) is 9.59 Å². The molecule has 0 atom stereocenters. The third kappa shape index (κ3) is 4.23. The molecular weight excluding hydrogens is 372 g/mol. The molecule has 1 aromatic rings. The SMILES string of the molecule is CCOC(=O)/C=C(\C(=O)OCC)N(O)C(=O)CN1C(=O)c2ccccc2C1=O. The Bertz CT molecular complexity index is 826. The quantitative estimate of drug-likeness (QED) is 0.234. The molecule has 1 N–H and O–H groups in total. The highest BCUT2D eigenvalue weighted by Crippen LogP contribution is 2.22. The summed E-state index contributed by atoms with van der Waals surface area (Å²) in [5, 5.41) is 9.96. The lowest BCUT2D eigenvalue weighted by Gasteiger charge is -2.20. The average molecular weight is 390 g/mol. The van der Waals surface area contributed by atoms with Gasteiger partial charge < -0.3 is 9.47 Å². The zero-order valence-corrected chi connectivity index (χ0v) is 15.2. The van der Waals surface area contributed by atoms with Crippen molar-refractivity contribution in [2.24, 2.45) is 0 Å². The Balaban J connectivity index is 2.21. The molecule has 0 unspecified atom stereocenters. The van der Waals surface area contributed by atoms with Crippen LogP contribution in [0.4, 0.5) is 0 Å². The first-order chi connectivity index (χ1) is 13.3. The molecule has 0 saturated carbocycles. The normalized spacial score (nSPS) is 13.2. The second-order valence-electron chi connectivity index (χ2n) is 5.45. The van der Waals surface area contributed by atoms with Gasteiger partial charge in [-0.3, -0.25) is 24.5 Å². The Labute approximate surface area is 159 Å². The van der Waals surface area contributed by atoms with Crippen molar-refractivity contribution in [1.29, 1.82) is 0 Å². The van der Waals surface area contributed by atoms with Crippen molar-refractivity contribution in [3.05, 3.63) is 47.2 Å². The summed E-state index contributed by atoms with van der Waals surface area (Å²) in [4.78, 5) is 61.2. The molecule has 0 aliphatic carbocycles. The summed E-state index contributed by atoms with van der Waals surface area (Å²) in [6, 6.07) is 5.99. The number of nitrogens with zero attached hydrogens (tertiary/aromatic N) is 2. The van der Waals surface area contributed by atoms with E-state index in [1.165, 1.54) is 26.0 Å². The van der Waals surface area contributed by atoms with Crippen LogP contribution in [0.15, 0.2) is 36.0 Å². The van der Waals surface area contributed by atoms with Crippen LogP contribution in [0.2, 0.25) is 0 Å². The van der Waals surface area contributed by atoms with Crippen LogP contribution in [0.5, 0.6) is 0 Å². The molecule has 1 aliphatic heterocycles. The van der Waals surface area contributed by atoms with Crippen LogP contribution in [0.3, 0.4) is 0 Å². The molecule has 0 bridgehead atoms. The number of hydrogen-bond donors (Lipinski definition) is 1. The predicted molar refractivity (Wildman–Crippen MR) is 91.8 cm³/mol. The minimum absolute atomic E-state index is 0.000145. The number of fused-ring (bicyclic) bond motifs is 1. The van der Waals surface area contributed by atoms with Gasteiger partial charge in [-0.2, -0.15) is 5.06 Å². The molecule has 0 spiro atoms. The highest BCUT2D eigenvalue weighted by atomic mass is 16.6. The van der Waals surface area contributed by atoms with Gasteiger partial charge in [-0.1, -0.05) is 12.1 Å². The molecule has 10 nitrogen and oxygen atoms in total. The van der Waals surface area contributed by atoms with Crippen LogP contribution >= 0.6 is 0 Å². The highest BCUT2D eigenvalue weighted by Gasteiger charge is 2.38. The van der Waals surface area contributed by atoms with Crippen molar-refractivity contribution in [3.63, 3.8) is 0 Å². The van der Waals surface area contributed by atoms with Crippen LogP contribution in [0, 0.1) is 0 Å². The number of esters is 2. The van der Waals surface area contributed by atoms with Crippen LogP contribution in [0.1, 0.15) is 34.6 Å². The second-order valence-corrected chi connectivity index (χ2v) is 5.45. The number of carbonyl (C=O) groups excluding carboxylic acids is 5. The maximum Gasteiger partial charge on any atom is 0.357 e. The minimum atomic E-state index is -1.20. The summed E-state index contributed by atoms with van der Waals surface area (Å²) in [7, 11) is 0. The largest absolute Gasteiger partial charge is 0.463 e. The van der Waals surface area contributed by atoms with Crippen molar-refractivity contribution < 1.29 is 38.7 Å². The summed E-state index contributed by atoms with van der Waals surface area (Å²) < 4.78 is 9.35. The number of hydrogen-bond acceptors (Lipinski definition) is 8. The average Bonchev–Trinajstić information content (AvgIpc) is 2.91. The number of imide groups is 1. The lowest BCUT2D eigenvalue weighted by molar-refractivity contribution is -0.166. The van der Waals surface area contributed by atoms with Crippen LogP contribution in [-0.4, -0.2) is 64.6 Å². The molecule has 1 aromatic carbocycles. The van der Waals surface area contributed by atoms with Gasteiger partial charge in [0.15, 0.2) is 5.70 Å². The van der Waals surface area contributed by atoms with Gasteiger partial charge in [0.05, 0.1) is 30.4 Å². The predicted octanol–water partition coefficient (Wildman–Crippen LogP) is 0.511.